The van der Waals surface area contributed by atoms with Gasteiger partial charge in [0.05, 0.1) is 16.7 Å². The largest absolute Gasteiger partial charge is 0.398 e. The number of aliphatic hydroxyl groups is 1. The van der Waals surface area contributed by atoms with Crippen molar-refractivity contribution in [3.63, 3.8) is 0 Å². The Hall–Kier alpha value is -1.26. The van der Waals surface area contributed by atoms with Crippen LogP contribution in [0.15, 0.2) is 18.2 Å². The predicted octanol–water partition coefficient (Wildman–Crippen LogP) is 1.52. The van der Waals surface area contributed by atoms with E-state index in [0.29, 0.717) is 42.2 Å². The van der Waals surface area contributed by atoms with Crippen molar-refractivity contribution in [2.75, 3.05) is 18.8 Å². The number of halogens is 1. The molecule has 2 rings (SSSR count). The van der Waals surface area contributed by atoms with E-state index in [2.05, 4.69) is 0 Å². The molecule has 1 fully saturated rings. The summed E-state index contributed by atoms with van der Waals surface area (Å²) >= 11 is 6.00. The molecule has 1 aromatic carbocycles. The Bertz CT molecular complexity index is 408. The molecule has 5 heteroatoms. The van der Waals surface area contributed by atoms with E-state index in [0.717, 1.165) is 0 Å². The standard InChI is InChI=1S/C12H15ClN2O2/c13-9-2-1-3-10(14)11(9)12(17)15-6-4-8(16)5-7-15/h1-3,8,16H,4-7,14H2. The van der Waals surface area contributed by atoms with Crippen molar-refractivity contribution in [2.45, 2.75) is 18.9 Å². The summed E-state index contributed by atoms with van der Waals surface area (Å²) in [5.74, 6) is -0.153. The number of aliphatic hydroxyl groups excluding tert-OH is 1. The number of nitrogens with zero attached hydrogens (tertiary/aromatic N) is 1. The van der Waals surface area contributed by atoms with Crippen LogP contribution in [-0.4, -0.2) is 35.1 Å². The smallest absolute Gasteiger partial charge is 0.257 e. The molecular weight excluding hydrogens is 240 g/mol. The first-order valence-electron chi connectivity index (χ1n) is 5.61. The van der Waals surface area contributed by atoms with Gasteiger partial charge >= 0.3 is 0 Å². The molecule has 1 aliphatic heterocycles. The van der Waals surface area contributed by atoms with E-state index in [4.69, 9.17) is 17.3 Å². The maximum absolute atomic E-state index is 12.2. The van der Waals surface area contributed by atoms with Gasteiger partial charge in [0.15, 0.2) is 0 Å². The first-order chi connectivity index (χ1) is 8.09. The highest BCUT2D eigenvalue weighted by Crippen LogP contribution is 2.25. The Morgan fingerprint density at radius 3 is 2.65 bits per heavy atom. The van der Waals surface area contributed by atoms with Gasteiger partial charge in [-0.3, -0.25) is 4.79 Å². The average molecular weight is 255 g/mol. The summed E-state index contributed by atoms with van der Waals surface area (Å²) in [5, 5.41) is 9.78. The number of nitrogen functional groups attached to an aromatic ring is 1. The van der Waals surface area contributed by atoms with Crippen LogP contribution in [0.3, 0.4) is 0 Å². The number of hydrogen-bond donors (Lipinski definition) is 2. The van der Waals surface area contributed by atoms with Gasteiger partial charge in [0.1, 0.15) is 0 Å². The zero-order valence-corrected chi connectivity index (χ0v) is 10.2. The quantitative estimate of drug-likeness (QED) is 0.747. The lowest BCUT2D eigenvalue weighted by Gasteiger charge is -2.30. The van der Waals surface area contributed by atoms with Gasteiger partial charge in [-0.1, -0.05) is 17.7 Å². The maximum atomic E-state index is 12.2. The Balaban J connectivity index is 2.20. The van der Waals surface area contributed by atoms with Gasteiger partial charge in [0.25, 0.3) is 5.91 Å². The minimum Gasteiger partial charge on any atom is -0.398 e. The number of likely N-dealkylation sites (tertiary alicyclic amines) is 1. The van der Waals surface area contributed by atoms with Crippen LogP contribution in [0.2, 0.25) is 5.02 Å². The Morgan fingerprint density at radius 2 is 2.06 bits per heavy atom. The average Bonchev–Trinajstić information content (AvgIpc) is 2.29. The van der Waals surface area contributed by atoms with Crippen molar-refractivity contribution in [1.82, 2.24) is 4.90 Å². The van der Waals surface area contributed by atoms with Gasteiger partial charge in [-0.15, -0.1) is 0 Å². The molecule has 0 aromatic heterocycles. The lowest BCUT2D eigenvalue weighted by molar-refractivity contribution is 0.0547. The summed E-state index contributed by atoms with van der Waals surface area (Å²) in [6.45, 7) is 1.09. The van der Waals surface area contributed by atoms with E-state index in [1.54, 1.807) is 23.1 Å². The Morgan fingerprint density at radius 1 is 1.41 bits per heavy atom. The summed E-state index contributed by atoms with van der Waals surface area (Å²) in [6, 6.07) is 5.04. The van der Waals surface area contributed by atoms with E-state index < -0.39 is 0 Å². The first-order valence-corrected chi connectivity index (χ1v) is 5.98. The summed E-state index contributed by atoms with van der Waals surface area (Å²) in [4.78, 5) is 13.9. The molecule has 0 unspecified atom stereocenters. The van der Waals surface area contributed by atoms with Crippen LogP contribution in [-0.2, 0) is 0 Å². The molecule has 0 atom stereocenters. The molecule has 1 aliphatic rings. The Kier molecular flexibility index (Phi) is 3.54. The van der Waals surface area contributed by atoms with Gasteiger partial charge in [-0.05, 0) is 25.0 Å². The lowest BCUT2D eigenvalue weighted by Crippen LogP contribution is -2.40. The van der Waals surface area contributed by atoms with Crippen LogP contribution in [0.1, 0.15) is 23.2 Å². The van der Waals surface area contributed by atoms with Crippen molar-refractivity contribution in [2.24, 2.45) is 0 Å². The number of rotatable bonds is 1. The molecule has 1 amide bonds. The predicted molar refractivity (Wildman–Crippen MR) is 67.0 cm³/mol. The molecule has 0 bridgehead atoms. The van der Waals surface area contributed by atoms with Crippen molar-refractivity contribution in [3.05, 3.63) is 28.8 Å². The molecule has 3 N–H and O–H groups in total. The second-order valence-electron chi connectivity index (χ2n) is 4.23. The molecule has 4 nitrogen and oxygen atoms in total. The highest BCUT2D eigenvalue weighted by Gasteiger charge is 2.24. The van der Waals surface area contributed by atoms with E-state index in [9.17, 15) is 9.90 Å². The highest BCUT2D eigenvalue weighted by atomic mass is 35.5. The first kappa shape index (κ1) is 12.2. The van der Waals surface area contributed by atoms with Crippen molar-refractivity contribution in [3.8, 4) is 0 Å². The molecule has 0 saturated carbocycles. The second-order valence-corrected chi connectivity index (χ2v) is 4.63. The van der Waals surface area contributed by atoms with Crippen LogP contribution >= 0.6 is 11.6 Å². The van der Waals surface area contributed by atoms with Crippen LogP contribution in [0.4, 0.5) is 5.69 Å². The number of hydrogen-bond acceptors (Lipinski definition) is 3. The summed E-state index contributed by atoms with van der Waals surface area (Å²) < 4.78 is 0. The second kappa shape index (κ2) is 4.94. The molecule has 0 aliphatic carbocycles. The Labute approximate surface area is 105 Å². The highest BCUT2D eigenvalue weighted by molar-refractivity contribution is 6.34. The molecule has 0 radical (unpaired) electrons. The normalized spacial score (nSPS) is 17.2. The van der Waals surface area contributed by atoms with E-state index in [1.165, 1.54) is 0 Å². The van der Waals surface area contributed by atoms with Gasteiger partial charge in [0, 0.05) is 18.8 Å². The van der Waals surface area contributed by atoms with Crippen molar-refractivity contribution in [1.29, 1.82) is 0 Å². The number of amides is 1. The number of anilines is 1. The number of benzene rings is 1. The lowest BCUT2D eigenvalue weighted by atomic mass is 10.1. The third-order valence-electron chi connectivity index (χ3n) is 3.01. The minimum atomic E-state index is -0.303. The SMILES string of the molecule is Nc1cccc(Cl)c1C(=O)N1CCC(O)CC1. The third-order valence-corrected chi connectivity index (χ3v) is 3.33. The van der Waals surface area contributed by atoms with Crippen LogP contribution < -0.4 is 5.73 Å². The summed E-state index contributed by atoms with van der Waals surface area (Å²) in [7, 11) is 0. The summed E-state index contributed by atoms with van der Waals surface area (Å²) in [5.41, 5.74) is 6.54. The maximum Gasteiger partial charge on any atom is 0.257 e. The molecule has 1 heterocycles. The number of carbonyl (C=O) groups excluding carboxylic acids is 1. The topological polar surface area (TPSA) is 66.6 Å². The molecule has 0 spiro atoms. The van der Waals surface area contributed by atoms with Crippen LogP contribution in [0, 0.1) is 0 Å². The molecule has 92 valence electrons. The van der Waals surface area contributed by atoms with Gasteiger partial charge in [0.2, 0.25) is 0 Å². The molecule has 1 saturated heterocycles. The monoisotopic (exact) mass is 254 g/mol. The van der Waals surface area contributed by atoms with E-state index >= 15 is 0 Å². The van der Waals surface area contributed by atoms with Gasteiger partial charge < -0.3 is 15.7 Å². The zero-order valence-electron chi connectivity index (χ0n) is 9.40. The molecular formula is C12H15ClN2O2. The van der Waals surface area contributed by atoms with Crippen molar-refractivity contribution >= 4 is 23.2 Å². The summed E-state index contributed by atoms with van der Waals surface area (Å²) in [6.07, 6.45) is 0.911. The fourth-order valence-electron chi connectivity index (χ4n) is 1.99. The molecule has 1 aromatic rings. The number of nitrogens with two attached hydrogens (primary N) is 1. The molecule has 17 heavy (non-hydrogen) atoms. The van der Waals surface area contributed by atoms with Crippen molar-refractivity contribution < 1.29 is 9.90 Å². The van der Waals surface area contributed by atoms with Crippen LogP contribution in [0.5, 0.6) is 0 Å². The van der Waals surface area contributed by atoms with Gasteiger partial charge in [-0.2, -0.15) is 0 Å². The van der Waals surface area contributed by atoms with Crippen LogP contribution in [0.25, 0.3) is 0 Å². The number of piperidine rings is 1. The fourth-order valence-corrected chi connectivity index (χ4v) is 2.26. The number of carbonyl (C=O) groups is 1. The van der Waals surface area contributed by atoms with E-state index in [1.807, 2.05) is 0 Å². The zero-order chi connectivity index (χ0) is 12.4. The fraction of sp³-hybridized carbons (Fsp3) is 0.417. The van der Waals surface area contributed by atoms with E-state index in [-0.39, 0.29) is 12.0 Å². The minimum absolute atomic E-state index is 0.153. The third kappa shape index (κ3) is 2.53. The van der Waals surface area contributed by atoms with Gasteiger partial charge in [-0.25, -0.2) is 0 Å².